The second-order valence-corrected chi connectivity index (χ2v) is 7.44. The number of hydrogen-bond acceptors (Lipinski definition) is 4. The number of aryl methyl sites for hydroxylation is 1. The van der Waals surface area contributed by atoms with Gasteiger partial charge in [-0.05, 0) is 49.9 Å². The summed E-state index contributed by atoms with van der Waals surface area (Å²) in [6.07, 6.45) is 2.92. The number of primary amides is 1. The number of carbonyl (C=O) groups excluding carboxylic acids is 3. The van der Waals surface area contributed by atoms with Gasteiger partial charge in [-0.3, -0.25) is 9.59 Å². The highest BCUT2D eigenvalue weighted by molar-refractivity contribution is 5.97. The van der Waals surface area contributed by atoms with Gasteiger partial charge in [-0.25, -0.2) is 4.79 Å². The average molecular weight is 406 g/mol. The highest BCUT2D eigenvalue weighted by Gasteiger charge is 2.26. The van der Waals surface area contributed by atoms with E-state index < -0.39 is 18.1 Å². The molecule has 4 amide bonds. The van der Waals surface area contributed by atoms with E-state index in [2.05, 4.69) is 28.2 Å². The monoisotopic (exact) mass is 405 g/mol. The van der Waals surface area contributed by atoms with Crippen LogP contribution in [0.2, 0.25) is 0 Å². The maximum atomic E-state index is 12.8. The van der Waals surface area contributed by atoms with E-state index in [0.717, 1.165) is 12.8 Å². The fraction of sp³-hybridized carbons (Fsp3) is 0.571. The SMILES string of the molecule is CCCc1ccc(NC(=O)[C@@H](CCCNC(N)=O)NC(=O)C(NC)C(C)C)cc1. The summed E-state index contributed by atoms with van der Waals surface area (Å²) >= 11 is 0. The Morgan fingerprint density at radius 1 is 1.07 bits per heavy atom. The van der Waals surface area contributed by atoms with E-state index >= 15 is 0 Å². The van der Waals surface area contributed by atoms with Crippen LogP contribution in [-0.2, 0) is 16.0 Å². The molecule has 8 nitrogen and oxygen atoms in total. The molecule has 2 atom stereocenters. The van der Waals surface area contributed by atoms with Crippen molar-refractivity contribution in [2.75, 3.05) is 18.9 Å². The Kier molecular flexibility index (Phi) is 10.8. The van der Waals surface area contributed by atoms with Gasteiger partial charge in [0.2, 0.25) is 11.8 Å². The second-order valence-electron chi connectivity index (χ2n) is 7.44. The second kappa shape index (κ2) is 12.8. The Morgan fingerprint density at radius 2 is 1.72 bits per heavy atom. The molecule has 0 saturated carbocycles. The molecule has 162 valence electrons. The van der Waals surface area contributed by atoms with Crippen molar-refractivity contribution in [2.24, 2.45) is 11.7 Å². The van der Waals surface area contributed by atoms with Gasteiger partial charge in [0.05, 0.1) is 6.04 Å². The lowest BCUT2D eigenvalue weighted by Crippen LogP contribution is -2.52. The largest absolute Gasteiger partial charge is 0.352 e. The summed E-state index contributed by atoms with van der Waals surface area (Å²) in [5, 5.41) is 11.2. The predicted octanol–water partition coefficient (Wildman–Crippen LogP) is 1.75. The molecule has 0 fully saturated rings. The standard InChI is InChI=1S/C21H35N5O3/c1-5-7-15-9-11-16(12-10-15)25-19(27)17(8-6-13-24-21(22)29)26-20(28)18(23-4)14(2)3/h9-12,14,17-18,23H,5-8,13H2,1-4H3,(H,25,27)(H,26,28)(H3,22,24,29)/t17-,18?/m1/s1. The zero-order valence-electron chi connectivity index (χ0n) is 17.9. The molecular formula is C21H35N5O3. The van der Waals surface area contributed by atoms with E-state index in [4.69, 9.17) is 5.73 Å². The molecule has 1 unspecified atom stereocenters. The van der Waals surface area contributed by atoms with Crippen LogP contribution in [0.3, 0.4) is 0 Å². The molecule has 8 heteroatoms. The lowest BCUT2D eigenvalue weighted by Gasteiger charge is -2.24. The zero-order valence-corrected chi connectivity index (χ0v) is 17.9. The molecule has 0 aliphatic heterocycles. The third kappa shape index (κ3) is 8.95. The summed E-state index contributed by atoms with van der Waals surface area (Å²) in [6.45, 7) is 6.32. The van der Waals surface area contributed by atoms with Gasteiger partial charge in [0.1, 0.15) is 6.04 Å². The molecule has 0 radical (unpaired) electrons. The minimum absolute atomic E-state index is 0.0753. The fourth-order valence-corrected chi connectivity index (χ4v) is 3.09. The van der Waals surface area contributed by atoms with Crippen LogP contribution in [0.5, 0.6) is 0 Å². The van der Waals surface area contributed by atoms with Crippen LogP contribution >= 0.6 is 0 Å². The van der Waals surface area contributed by atoms with Crippen LogP contribution < -0.4 is 27.0 Å². The summed E-state index contributed by atoms with van der Waals surface area (Å²) in [7, 11) is 1.72. The molecule has 6 N–H and O–H groups in total. The summed E-state index contributed by atoms with van der Waals surface area (Å²) in [5.41, 5.74) is 6.96. The normalized spacial score (nSPS) is 12.9. The maximum Gasteiger partial charge on any atom is 0.312 e. The van der Waals surface area contributed by atoms with Gasteiger partial charge in [-0.15, -0.1) is 0 Å². The molecule has 29 heavy (non-hydrogen) atoms. The van der Waals surface area contributed by atoms with E-state index in [1.165, 1.54) is 5.56 Å². The summed E-state index contributed by atoms with van der Waals surface area (Å²) in [4.78, 5) is 36.2. The van der Waals surface area contributed by atoms with Crippen molar-refractivity contribution >= 4 is 23.5 Å². The van der Waals surface area contributed by atoms with Gasteiger partial charge >= 0.3 is 6.03 Å². The molecule has 0 aliphatic carbocycles. The molecule has 0 saturated heterocycles. The number of anilines is 1. The van der Waals surface area contributed by atoms with E-state index in [1.54, 1.807) is 7.05 Å². The number of amides is 4. The van der Waals surface area contributed by atoms with Crippen LogP contribution in [0.15, 0.2) is 24.3 Å². The molecule has 1 aromatic rings. The first-order valence-corrected chi connectivity index (χ1v) is 10.2. The average Bonchev–Trinajstić information content (AvgIpc) is 2.66. The van der Waals surface area contributed by atoms with Gasteiger partial charge in [0.15, 0.2) is 0 Å². The number of urea groups is 1. The molecule has 1 rings (SSSR count). The molecule has 0 aromatic heterocycles. The number of hydrogen-bond donors (Lipinski definition) is 5. The van der Waals surface area contributed by atoms with Crippen molar-refractivity contribution < 1.29 is 14.4 Å². The van der Waals surface area contributed by atoms with E-state index in [0.29, 0.717) is 25.1 Å². The molecular weight excluding hydrogens is 370 g/mol. The van der Waals surface area contributed by atoms with Gasteiger partial charge in [0.25, 0.3) is 0 Å². The molecule has 0 bridgehead atoms. The Hall–Kier alpha value is -2.61. The van der Waals surface area contributed by atoms with Crippen molar-refractivity contribution in [2.45, 2.75) is 58.5 Å². The van der Waals surface area contributed by atoms with Gasteiger partial charge in [0, 0.05) is 12.2 Å². The highest BCUT2D eigenvalue weighted by Crippen LogP contribution is 2.12. The van der Waals surface area contributed by atoms with Crippen LogP contribution in [0.4, 0.5) is 10.5 Å². The van der Waals surface area contributed by atoms with Crippen molar-refractivity contribution in [3.63, 3.8) is 0 Å². The smallest absolute Gasteiger partial charge is 0.312 e. The lowest BCUT2D eigenvalue weighted by atomic mass is 10.0. The molecule has 0 spiro atoms. The van der Waals surface area contributed by atoms with Crippen LogP contribution in [0.1, 0.15) is 45.6 Å². The first kappa shape index (κ1) is 24.4. The summed E-state index contributed by atoms with van der Waals surface area (Å²) in [6, 6.07) is 5.96. The number of carbonyl (C=O) groups is 3. The van der Waals surface area contributed by atoms with Crippen LogP contribution in [0.25, 0.3) is 0 Å². The minimum atomic E-state index is -0.720. The Morgan fingerprint density at radius 3 is 2.24 bits per heavy atom. The number of nitrogens with two attached hydrogens (primary N) is 1. The summed E-state index contributed by atoms with van der Waals surface area (Å²) in [5.74, 6) is -0.450. The van der Waals surface area contributed by atoms with E-state index in [1.807, 2.05) is 38.1 Å². The maximum absolute atomic E-state index is 12.8. The Bertz CT molecular complexity index is 661. The Balaban J connectivity index is 2.80. The van der Waals surface area contributed by atoms with Crippen molar-refractivity contribution in [3.8, 4) is 0 Å². The van der Waals surface area contributed by atoms with Crippen molar-refractivity contribution in [1.82, 2.24) is 16.0 Å². The van der Waals surface area contributed by atoms with E-state index in [-0.39, 0.29) is 17.7 Å². The van der Waals surface area contributed by atoms with E-state index in [9.17, 15) is 14.4 Å². The topological polar surface area (TPSA) is 125 Å². The summed E-state index contributed by atoms with van der Waals surface area (Å²) < 4.78 is 0. The van der Waals surface area contributed by atoms with Gasteiger partial charge in [-0.2, -0.15) is 0 Å². The third-order valence-electron chi connectivity index (χ3n) is 4.62. The number of benzene rings is 1. The van der Waals surface area contributed by atoms with Gasteiger partial charge < -0.3 is 27.0 Å². The number of rotatable bonds is 12. The van der Waals surface area contributed by atoms with Crippen LogP contribution in [0, 0.1) is 5.92 Å². The number of likely N-dealkylation sites (N-methyl/N-ethyl adjacent to an activating group) is 1. The minimum Gasteiger partial charge on any atom is -0.352 e. The predicted molar refractivity (Wildman–Crippen MR) is 116 cm³/mol. The zero-order chi connectivity index (χ0) is 21.8. The molecule has 0 heterocycles. The fourth-order valence-electron chi connectivity index (χ4n) is 3.09. The Labute approximate surface area is 173 Å². The quantitative estimate of drug-likeness (QED) is 0.340. The highest BCUT2D eigenvalue weighted by atomic mass is 16.2. The van der Waals surface area contributed by atoms with Crippen molar-refractivity contribution in [1.29, 1.82) is 0 Å². The third-order valence-corrected chi connectivity index (χ3v) is 4.62. The molecule has 1 aromatic carbocycles. The first-order valence-electron chi connectivity index (χ1n) is 10.2. The molecule has 0 aliphatic rings. The number of nitrogens with one attached hydrogen (secondary N) is 4. The van der Waals surface area contributed by atoms with Crippen LogP contribution in [-0.4, -0.2) is 43.5 Å². The van der Waals surface area contributed by atoms with Crippen molar-refractivity contribution in [3.05, 3.63) is 29.8 Å². The van der Waals surface area contributed by atoms with Gasteiger partial charge in [-0.1, -0.05) is 39.3 Å². The first-order chi connectivity index (χ1) is 13.8. The lowest BCUT2D eigenvalue weighted by molar-refractivity contribution is -0.128.